The van der Waals surface area contributed by atoms with Crippen LogP contribution in [-0.2, 0) is 13.1 Å². The summed E-state index contributed by atoms with van der Waals surface area (Å²) in [5.41, 5.74) is 0.680. The van der Waals surface area contributed by atoms with E-state index in [-0.39, 0.29) is 5.91 Å². The van der Waals surface area contributed by atoms with Gasteiger partial charge in [-0.05, 0) is 47.2 Å². The Kier molecular flexibility index (Phi) is 5.10. The number of carbonyl (C=O) groups excluding carboxylic acids is 1. The van der Waals surface area contributed by atoms with Gasteiger partial charge in [-0.25, -0.2) is 0 Å². The van der Waals surface area contributed by atoms with Crippen molar-refractivity contribution in [3.05, 3.63) is 74.6 Å². The molecular weight excluding hydrogens is 326 g/mol. The molecule has 0 spiro atoms. The third kappa shape index (κ3) is 4.00. The van der Waals surface area contributed by atoms with Crippen LogP contribution in [0.2, 0.25) is 0 Å². The van der Waals surface area contributed by atoms with Crippen LogP contribution in [-0.4, -0.2) is 17.9 Å². The molecule has 2 heterocycles. The van der Waals surface area contributed by atoms with E-state index < -0.39 is 0 Å². The second-order valence-corrected chi connectivity index (χ2v) is 7.11. The minimum Gasteiger partial charge on any atom is -0.497 e. The molecule has 2 aromatic heterocycles. The van der Waals surface area contributed by atoms with Gasteiger partial charge in [0.2, 0.25) is 0 Å². The van der Waals surface area contributed by atoms with Crippen molar-refractivity contribution in [3.8, 4) is 5.75 Å². The highest BCUT2D eigenvalue weighted by Crippen LogP contribution is 2.20. The summed E-state index contributed by atoms with van der Waals surface area (Å²) in [6.07, 6.45) is 0. The average molecular weight is 343 g/mol. The second-order valence-electron chi connectivity index (χ2n) is 5.05. The van der Waals surface area contributed by atoms with Gasteiger partial charge in [0.25, 0.3) is 5.91 Å². The molecule has 0 atom stereocenters. The molecular formula is C18H17NO2S2. The summed E-state index contributed by atoms with van der Waals surface area (Å²) in [6.45, 7) is 1.25. The van der Waals surface area contributed by atoms with Gasteiger partial charge in [0, 0.05) is 15.3 Å². The molecule has 0 aliphatic rings. The molecule has 23 heavy (non-hydrogen) atoms. The fraction of sp³-hybridized carbons (Fsp3) is 0.167. The minimum atomic E-state index is 0.0365. The summed E-state index contributed by atoms with van der Waals surface area (Å²) in [7, 11) is 1.62. The second kappa shape index (κ2) is 7.44. The first-order chi connectivity index (χ1) is 11.3. The highest BCUT2D eigenvalue weighted by molar-refractivity contribution is 7.10. The molecule has 0 N–H and O–H groups in total. The average Bonchev–Trinajstić information content (AvgIpc) is 3.27. The zero-order valence-corrected chi connectivity index (χ0v) is 14.4. The van der Waals surface area contributed by atoms with E-state index in [0.717, 1.165) is 5.75 Å². The van der Waals surface area contributed by atoms with Crippen molar-refractivity contribution < 1.29 is 9.53 Å². The Balaban J connectivity index is 1.81. The van der Waals surface area contributed by atoms with E-state index >= 15 is 0 Å². The Labute approximate surface area is 143 Å². The van der Waals surface area contributed by atoms with Crippen LogP contribution in [0, 0.1) is 0 Å². The molecule has 0 fully saturated rings. The normalized spacial score (nSPS) is 10.5. The van der Waals surface area contributed by atoms with Gasteiger partial charge in [0.1, 0.15) is 5.75 Å². The lowest BCUT2D eigenvalue weighted by atomic mass is 10.2. The Morgan fingerprint density at radius 2 is 1.52 bits per heavy atom. The molecule has 0 unspecified atom stereocenters. The maximum absolute atomic E-state index is 12.9. The summed E-state index contributed by atoms with van der Waals surface area (Å²) in [5, 5.41) is 4.08. The number of benzene rings is 1. The van der Waals surface area contributed by atoms with Crippen LogP contribution in [0.5, 0.6) is 5.75 Å². The van der Waals surface area contributed by atoms with Crippen molar-refractivity contribution in [2.75, 3.05) is 7.11 Å². The molecule has 3 nitrogen and oxygen atoms in total. The fourth-order valence-corrected chi connectivity index (χ4v) is 3.74. The van der Waals surface area contributed by atoms with Gasteiger partial charge in [0.05, 0.1) is 20.2 Å². The van der Waals surface area contributed by atoms with Gasteiger partial charge >= 0.3 is 0 Å². The number of thiophene rings is 2. The number of carbonyl (C=O) groups is 1. The standard InChI is InChI=1S/C18H17NO2S2/c1-21-15-8-6-14(7-9-15)18(20)19(12-16-4-2-10-22-16)13-17-5-3-11-23-17/h2-11H,12-13H2,1H3. The van der Waals surface area contributed by atoms with Gasteiger partial charge < -0.3 is 9.64 Å². The molecule has 0 aliphatic heterocycles. The monoisotopic (exact) mass is 343 g/mol. The summed E-state index contributed by atoms with van der Waals surface area (Å²) in [5.74, 6) is 0.791. The number of rotatable bonds is 6. The number of hydrogen-bond acceptors (Lipinski definition) is 4. The van der Waals surface area contributed by atoms with E-state index in [1.54, 1.807) is 29.8 Å². The number of nitrogens with zero attached hydrogens (tertiary/aromatic N) is 1. The molecule has 0 saturated heterocycles. The van der Waals surface area contributed by atoms with Gasteiger partial charge in [-0.1, -0.05) is 12.1 Å². The highest BCUT2D eigenvalue weighted by atomic mass is 32.1. The van der Waals surface area contributed by atoms with E-state index in [1.807, 2.05) is 52.1 Å². The topological polar surface area (TPSA) is 29.5 Å². The lowest BCUT2D eigenvalue weighted by Crippen LogP contribution is -2.29. The summed E-state index contributed by atoms with van der Waals surface area (Å²) < 4.78 is 5.16. The van der Waals surface area contributed by atoms with Gasteiger partial charge in [-0.3, -0.25) is 4.79 Å². The Morgan fingerprint density at radius 3 is 1.96 bits per heavy atom. The van der Waals surface area contributed by atoms with Crippen molar-refractivity contribution in [3.63, 3.8) is 0 Å². The number of methoxy groups -OCH3 is 1. The zero-order valence-electron chi connectivity index (χ0n) is 12.8. The SMILES string of the molecule is COc1ccc(C(=O)N(Cc2cccs2)Cc2cccs2)cc1. The van der Waals surface area contributed by atoms with Crippen LogP contribution in [0.3, 0.4) is 0 Å². The Hall–Kier alpha value is -2.11. The first-order valence-corrected chi connectivity index (χ1v) is 9.00. The van der Waals surface area contributed by atoms with Crippen molar-refractivity contribution in [1.82, 2.24) is 4.90 Å². The van der Waals surface area contributed by atoms with Crippen molar-refractivity contribution in [1.29, 1.82) is 0 Å². The summed E-state index contributed by atoms with van der Waals surface area (Å²) in [4.78, 5) is 17.1. The van der Waals surface area contributed by atoms with Crippen LogP contribution in [0.25, 0.3) is 0 Å². The smallest absolute Gasteiger partial charge is 0.254 e. The van der Waals surface area contributed by atoms with Crippen LogP contribution in [0.4, 0.5) is 0 Å². The van der Waals surface area contributed by atoms with Gasteiger partial charge in [0.15, 0.2) is 0 Å². The van der Waals surface area contributed by atoms with E-state index in [9.17, 15) is 4.79 Å². The summed E-state index contributed by atoms with van der Waals surface area (Å²) >= 11 is 3.34. The largest absolute Gasteiger partial charge is 0.497 e. The molecule has 0 bridgehead atoms. The third-order valence-corrected chi connectivity index (χ3v) is 5.20. The lowest BCUT2D eigenvalue weighted by molar-refractivity contribution is 0.0733. The van der Waals surface area contributed by atoms with Crippen molar-refractivity contribution in [2.45, 2.75) is 13.1 Å². The quantitative estimate of drug-likeness (QED) is 0.651. The maximum Gasteiger partial charge on any atom is 0.254 e. The van der Waals surface area contributed by atoms with Crippen LogP contribution in [0.1, 0.15) is 20.1 Å². The van der Waals surface area contributed by atoms with E-state index in [2.05, 4.69) is 12.1 Å². The van der Waals surface area contributed by atoms with Crippen molar-refractivity contribution in [2.24, 2.45) is 0 Å². The van der Waals surface area contributed by atoms with E-state index in [0.29, 0.717) is 18.7 Å². The van der Waals surface area contributed by atoms with Gasteiger partial charge in [-0.15, -0.1) is 22.7 Å². The first-order valence-electron chi connectivity index (χ1n) is 7.24. The van der Waals surface area contributed by atoms with Gasteiger partial charge in [-0.2, -0.15) is 0 Å². The maximum atomic E-state index is 12.9. The van der Waals surface area contributed by atoms with Crippen LogP contribution < -0.4 is 4.74 Å². The lowest BCUT2D eigenvalue weighted by Gasteiger charge is -2.22. The van der Waals surface area contributed by atoms with Crippen LogP contribution >= 0.6 is 22.7 Å². The van der Waals surface area contributed by atoms with E-state index in [1.165, 1.54) is 9.75 Å². The molecule has 3 rings (SSSR count). The first kappa shape index (κ1) is 15.8. The molecule has 5 heteroatoms. The molecule has 1 aromatic carbocycles. The number of hydrogen-bond donors (Lipinski definition) is 0. The van der Waals surface area contributed by atoms with Crippen LogP contribution in [0.15, 0.2) is 59.3 Å². The predicted molar refractivity (Wildman–Crippen MR) is 95.2 cm³/mol. The predicted octanol–water partition coefficient (Wildman–Crippen LogP) is 4.66. The van der Waals surface area contributed by atoms with Crippen molar-refractivity contribution >= 4 is 28.6 Å². The molecule has 0 radical (unpaired) electrons. The fourth-order valence-electron chi connectivity index (χ4n) is 2.30. The Bertz CT molecular complexity index is 698. The number of amides is 1. The minimum absolute atomic E-state index is 0.0365. The Morgan fingerprint density at radius 1 is 0.957 bits per heavy atom. The summed E-state index contributed by atoms with van der Waals surface area (Å²) in [6, 6.07) is 15.4. The number of ether oxygens (including phenoxy) is 1. The molecule has 3 aromatic rings. The third-order valence-electron chi connectivity index (χ3n) is 3.48. The molecule has 118 valence electrons. The van der Waals surface area contributed by atoms with E-state index in [4.69, 9.17) is 4.74 Å². The molecule has 0 aliphatic carbocycles. The zero-order chi connectivity index (χ0) is 16.1. The highest BCUT2D eigenvalue weighted by Gasteiger charge is 2.17. The molecule has 0 saturated carbocycles. The molecule has 1 amide bonds.